The predicted molar refractivity (Wildman–Crippen MR) is 71.4 cm³/mol. The molecule has 0 atom stereocenters. The minimum absolute atomic E-state index is 0.0473. The zero-order valence-corrected chi connectivity index (χ0v) is 11.1. The number of benzene rings is 1. The first kappa shape index (κ1) is 16.9. The molecule has 0 saturated carbocycles. The molecular weight excluding hydrogens is 248 g/mol. The highest BCUT2D eigenvalue weighted by Gasteiger charge is 2.16. The molecule has 0 unspecified atom stereocenters. The number of carboxylic acid groups (broad SMARTS) is 1. The average Bonchev–Trinajstić information content (AvgIpc) is 2.39. The van der Waals surface area contributed by atoms with Crippen LogP contribution < -0.4 is 0 Å². The number of rotatable bonds is 5. The maximum absolute atomic E-state index is 11.5. The number of carboxylic acids is 1. The van der Waals surface area contributed by atoms with Crippen LogP contribution in [-0.4, -0.2) is 37.4 Å². The van der Waals surface area contributed by atoms with E-state index in [0.29, 0.717) is 0 Å². The number of carbonyl (C=O) groups excluding carboxylic acids is 1. The minimum Gasteiger partial charge on any atom is -0.478 e. The molecule has 0 aromatic heterocycles. The van der Waals surface area contributed by atoms with Crippen LogP contribution in [0.1, 0.15) is 27.6 Å². The summed E-state index contributed by atoms with van der Waals surface area (Å²) >= 11 is 0. The zero-order valence-electron chi connectivity index (χ0n) is 11.1. The van der Waals surface area contributed by atoms with Gasteiger partial charge < -0.3 is 14.6 Å². The van der Waals surface area contributed by atoms with E-state index in [2.05, 4.69) is 6.58 Å². The number of carbonyl (C=O) groups is 2. The van der Waals surface area contributed by atoms with Crippen LogP contribution >= 0.6 is 0 Å². The topological polar surface area (TPSA) is 72.8 Å². The zero-order chi connectivity index (χ0) is 14.7. The van der Waals surface area contributed by atoms with Gasteiger partial charge in [0, 0.05) is 7.11 Å². The highest BCUT2D eigenvalue weighted by Crippen LogP contribution is 2.10. The van der Waals surface area contributed by atoms with Crippen LogP contribution in [0.15, 0.2) is 36.9 Å². The monoisotopic (exact) mass is 266 g/mol. The van der Waals surface area contributed by atoms with Gasteiger partial charge in [0.1, 0.15) is 6.61 Å². The van der Waals surface area contributed by atoms with Gasteiger partial charge in [-0.1, -0.05) is 18.2 Å². The summed E-state index contributed by atoms with van der Waals surface area (Å²) in [5.41, 5.74) is -0.0176. The van der Waals surface area contributed by atoms with Gasteiger partial charge in [-0.25, -0.2) is 9.59 Å². The van der Waals surface area contributed by atoms with E-state index in [9.17, 15) is 9.59 Å². The second kappa shape index (κ2) is 9.85. The maximum atomic E-state index is 11.5. The Morgan fingerprint density at radius 2 is 1.79 bits per heavy atom. The number of esters is 1. The van der Waals surface area contributed by atoms with E-state index in [1.54, 1.807) is 18.2 Å². The van der Waals surface area contributed by atoms with Crippen LogP contribution in [-0.2, 0) is 9.47 Å². The molecule has 0 saturated heterocycles. The van der Waals surface area contributed by atoms with E-state index in [1.165, 1.54) is 19.2 Å². The highest BCUT2D eigenvalue weighted by molar-refractivity contribution is 6.02. The first-order valence-corrected chi connectivity index (χ1v) is 5.63. The molecule has 1 aromatic rings. The number of allylic oxidation sites excluding steroid dienone is 1. The van der Waals surface area contributed by atoms with Crippen LogP contribution in [0.3, 0.4) is 0 Å². The number of hydrogen-bond donors (Lipinski definition) is 1. The Kier molecular flexibility index (Phi) is 8.74. The maximum Gasteiger partial charge on any atom is 0.339 e. The van der Waals surface area contributed by atoms with E-state index >= 15 is 0 Å². The van der Waals surface area contributed by atoms with Crippen molar-refractivity contribution in [1.29, 1.82) is 0 Å². The van der Waals surface area contributed by atoms with E-state index in [1.807, 2.05) is 6.92 Å². The molecular formula is C14H18O5. The molecule has 0 aliphatic carbocycles. The Bertz CT molecular complexity index is 426. The third-order valence-corrected chi connectivity index (χ3v) is 1.90. The fourth-order valence-corrected chi connectivity index (χ4v) is 1.14. The number of ether oxygens (including phenoxy) is 2. The molecule has 0 fully saturated rings. The fraction of sp³-hybridized carbons (Fsp3) is 0.286. The minimum atomic E-state index is -1.15. The summed E-state index contributed by atoms with van der Waals surface area (Å²) in [6.45, 7) is 5.63. The number of hydrogen-bond acceptors (Lipinski definition) is 4. The molecule has 5 heteroatoms. The van der Waals surface area contributed by atoms with Crippen molar-refractivity contribution in [2.45, 2.75) is 6.92 Å². The Labute approximate surface area is 112 Å². The van der Waals surface area contributed by atoms with Gasteiger partial charge in [0.25, 0.3) is 0 Å². The summed E-state index contributed by atoms with van der Waals surface area (Å²) in [7, 11) is 1.49. The molecule has 0 radical (unpaired) electrons. The van der Waals surface area contributed by atoms with Crippen LogP contribution in [0.2, 0.25) is 0 Å². The lowest BCUT2D eigenvalue weighted by atomic mass is 10.1. The third-order valence-electron chi connectivity index (χ3n) is 1.90. The van der Waals surface area contributed by atoms with Gasteiger partial charge in [-0.15, -0.1) is 6.58 Å². The molecule has 0 aliphatic rings. The second-order valence-corrected chi connectivity index (χ2v) is 3.39. The van der Waals surface area contributed by atoms with E-state index in [0.717, 1.165) is 0 Å². The summed E-state index contributed by atoms with van der Waals surface area (Å²) in [5.74, 6) is -1.81. The van der Waals surface area contributed by atoms with Crippen LogP contribution in [0, 0.1) is 0 Å². The smallest absolute Gasteiger partial charge is 0.339 e. The van der Waals surface area contributed by atoms with Crippen molar-refractivity contribution >= 4 is 11.9 Å². The largest absolute Gasteiger partial charge is 0.478 e. The number of methoxy groups -OCH3 is 1. The van der Waals surface area contributed by atoms with E-state index in [4.69, 9.17) is 14.6 Å². The summed E-state index contributed by atoms with van der Waals surface area (Å²) in [4.78, 5) is 22.3. The first-order chi connectivity index (χ1) is 9.08. The first-order valence-electron chi connectivity index (χ1n) is 5.63. The fourth-order valence-electron chi connectivity index (χ4n) is 1.14. The van der Waals surface area contributed by atoms with Crippen LogP contribution in [0.25, 0.3) is 0 Å². The summed E-state index contributed by atoms with van der Waals surface area (Å²) in [6.07, 6.45) is 1.75. The van der Waals surface area contributed by atoms with E-state index < -0.39 is 11.9 Å². The summed E-state index contributed by atoms with van der Waals surface area (Å²) in [6, 6.07) is 5.91. The highest BCUT2D eigenvalue weighted by atomic mass is 16.6. The van der Waals surface area contributed by atoms with Crippen molar-refractivity contribution in [3.05, 3.63) is 48.0 Å². The molecule has 0 heterocycles. The lowest BCUT2D eigenvalue weighted by Crippen LogP contribution is -2.14. The molecule has 0 amide bonds. The van der Waals surface area contributed by atoms with Crippen molar-refractivity contribution in [3.63, 3.8) is 0 Å². The van der Waals surface area contributed by atoms with Gasteiger partial charge in [-0.2, -0.15) is 0 Å². The van der Waals surface area contributed by atoms with Gasteiger partial charge in [0.2, 0.25) is 0 Å². The van der Waals surface area contributed by atoms with Crippen molar-refractivity contribution in [3.8, 4) is 0 Å². The Balaban J connectivity index is 0.000000982. The quantitative estimate of drug-likeness (QED) is 0.503. The Morgan fingerprint density at radius 1 is 1.26 bits per heavy atom. The molecule has 1 N–H and O–H groups in total. The summed E-state index contributed by atoms with van der Waals surface area (Å²) in [5, 5.41) is 8.85. The lowest BCUT2D eigenvalue weighted by molar-refractivity contribution is 0.0382. The van der Waals surface area contributed by atoms with Crippen molar-refractivity contribution in [2.75, 3.05) is 20.3 Å². The van der Waals surface area contributed by atoms with Gasteiger partial charge >= 0.3 is 11.9 Å². The Morgan fingerprint density at radius 3 is 2.26 bits per heavy atom. The predicted octanol–water partition coefficient (Wildman–Crippen LogP) is 2.38. The van der Waals surface area contributed by atoms with Gasteiger partial charge in [0.05, 0.1) is 17.7 Å². The van der Waals surface area contributed by atoms with Crippen molar-refractivity contribution in [1.82, 2.24) is 0 Å². The molecule has 0 aliphatic heterocycles. The molecule has 0 spiro atoms. The van der Waals surface area contributed by atoms with Gasteiger partial charge in [-0.3, -0.25) is 0 Å². The molecule has 0 bridgehead atoms. The van der Waals surface area contributed by atoms with Crippen molar-refractivity contribution in [2.24, 2.45) is 0 Å². The van der Waals surface area contributed by atoms with Crippen molar-refractivity contribution < 1.29 is 24.2 Å². The molecule has 1 rings (SSSR count). The Hall–Kier alpha value is -2.14. The summed E-state index contributed by atoms with van der Waals surface area (Å²) < 4.78 is 9.54. The van der Waals surface area contributed by atoms with Crippen LogP contribution in [0.4, 0.5) is 0 Å². The second-order valence-electron chi connectivity index (χ2n) is 3.39. The molecule has 5 nitrogen and oxygen atoms in total. The molecule has 104 valence electrons. The number of aromatic carboxylic acids is 1. The standard InChI is InChI=1S/C11H12O5.C3H6/c1-15-6-7-16-11(14)9-5-3-2-4-8(9)10(12)13;1-3-2/h2-5H,6-7H2,1H3,(H,12,13);3H,1H2,2H3. The van der Waals surface area contributed by atoms with Crippen LogP contribution in [0.5, 0.6) is 0 Å². The molecule has 1 aromatic carbocycles. The molecule has 19 heavy (non-hydrogen) atoms. The third kappa shape index (κ3) is 6.38. The lowest BCUT2D eigenvalue weighted by Gasteiger charge is -2.06. The van der Waals surface area contributed by atoms with E-state index in [-0.39, 0.29) is 24.3 Å². The normalized spacial score (nSPS) is 8.95. The van der Waals surface area contributed by atoms with Gasteiger partial charge in [0.15, 0.2) is 0 Å². The SMILES string of the molecule is C=CC.COCCOC(=O)c1ccccc1C(=O)O. The average molecular weight is 266 g/mol. The van der Waals surface area contributed by atoms with Gasteiger partial charge in [-0.05, 0) is 19.1 Å².